The number of H-pyrrole nitrogens is 2. The minimum Gasteiger partial charge on any atom is -0.455 e. The largest absolute Gasteiger partial charge is 0.455 e. The third-order valence-corrected chi connectivity index (χ3v) is 35.3. The maximum Gasteiger partial charge on any atom is 0.273 e. The van der Waals surface area contributed by atoms with Crippen LogP contribution in [0.2, 0.25) is 10.0 Å². The van der Waals surface area contributed by atoms with Gasteiger partial charge in [-0.15, -0.1) is 18.8 Å². The van der Waals surface area contributed by atoms with E-state index in [-0.39, 0.29) is 68.5 Å². The van der Waals surface area contributed by atoms with Gasteiger partial charge >= 0.3 is 0 Å². The van der Waals surface area contributed by atoms with Gasteiger partial charge in [0.25, 0.3) is 55.1 Å². The molecule has 0 spiro atoms. The predicted octanol–water partition coefficient (Wildman–Crippen LogP) is 17.8. The number of nitro groups is 2. The van der Waals surface area contributed by atoms with Crippen molar-refractivity contribution in [1.29, 1.82) is 0 Å². The lowest BCUT2D eigenvalue weighted by atomic mass is 9.72. The second kappa shape index (κ2) is 42.5. The van der Waals surface area contributed by atoms with E-state index in [2.05, 4.69) is 131 Å². The van der Waals surface area contributed by atoms with Crippen molar-refractivity contribution >= 4 is 153 Å². The first-order chi connectivity index (χ1) is 65.8. The summed E-state index contributed by atoms with van der Waals surface area (Å²) in [4.78, 5) is 104. The standard InChI is InChI=1S/C51H59ClN8O7S2.C51H61ClN8O7S2/c1-51(2)18-16-39(45(32-51)35-8-11-40(52)12-9-35)34-58-21-23-59(24-22-58)41-13-15-44(47(30-41)67-42-29-38-17-19-53-48(38)54-33-42)50(62)56-69(65,66)43-14-10-36(46(31-43)60(63)64)5-4-20-57-25-27-68(3,28-26-57)55-49(61)37-6-7-37;1-35(2)49(61)55-68(5)27-25-57(26-28-68)20-6-7-37-10-14-43(31-46(37)60(63)64)69(65,66)56-50(62)44-15-13-41(30-47(44)67-42-29-38-17-19-53-48(38)54-33-42)59-23-21-58(22-24-59)34-39-16-18-51(3,4)32-45(39)36-8-11-40(52)12-9-36/h8-15,17,19,29-31,33,37H,3-7,16,18,20-28,32,34H2,1-2H3,(H,53,54)(H,56,62);8-15,17,19,29-31,33,35H,5-7,16,18,20-28,32,34H2,1-4H3,(H,53,54)(H,56,62). The summed E-state index contributed by atoms with van der Waals surface area (Å²) < 4.78 is 81.3. The lowest BCUT2D eigenvalue weighted by molar-refractivity contribution is -0.385. The number of aryl methyl sites for hydroxylation is 2. The van der Waals surface area contributed by atoms with E-state index >= 15 is 0 Å². The number of allylic oxidation sites excluding steroid dienone is 2. The highest BCUT2D eigenvalue weighted by Crippen LogP contribution is 2.47. The highest BCUT2D eigenvalue weighted by atomic mass is 35.5. The minimum atomic E-state index is -4.58. The number of carbonyl (C=O) groups excluding carboxylic acids is 4. The molecule has 10 aromatic rings. The highest BCUT2D eigenvalue weighted by Gasteiger charge is 2.37. The van der Waals surface area contributed by atoms with Gasteiger partial charge in [-0.05, 0) is 208 Å². The quantitative estimate of drug-likeness (QED) is 0.0184. The van der Waals surface area contributed by atoms with Gasteiger partial charge in [-0.3, -0.25) is 49.2 Å². The monoisotopic (exact) mass is 1990 g/mol. The van der Waals surface area contributed by atoms with E-state index in [9.17, 15) is 56.2 Å². The van der Waals surface area contributed by atoms with Gasteiger partial charge in [-0.1, -0.05) is 124 Å². The average Bonchev–Trinajstić information content (AvgIpc) is 1.11. The van der Waals surface area contributed by atoms with E-state index in [0.29, 0.717) is 97.3 Å². The number of carbonyl (C=O) groups is 4. The predicted molar refractivity (Wildman–Crippen MR) is 550 cm³/mol. The zero-order valence-corrected chi connectivity index (χ0v) is 83.6. The number of anilines is 2. The first kappa shape index (κ1) is 99.8. The van der Waals surface area contributed by atoms with Crippen LogP contribution in [0.5, 0.6) is 23.0 Å². The number of rotatable bonds is 30. The molecular weight excluding hydrogens is 1870 g/mol. The van der Waals surface area contributed by atoms with Crippen LogP contribution >= 0.6 is 23.2 Å². The summed E-state index contributed by atoms with van der Waals surface area (Å²) in [6.07, 6.45) is 16.6. The van der Waals surface area contributed by atoms with Gasteiger partial charge in [0.05, 0.1) is 43.2 Å². The Morgan fingerprint density at radius 2 is 0.928 bits per heavy atom. The Kier molecular flexibility index (Phi) is 30.7. The molecule has 0 atom stereocenters. The first-order valence-corrected chi connectivity index (χ1v) is 55.0. The number of amides is 4. The fraction of sp³-hybridized carbons (Fsp3) is 0.412. The number of benzene rings is 6. The maximum absolute atomic E-state index is 14.0. The van der Waals surface area contributed by atoms with Crippen molar-refractivity contribution < 1.29 is 55.3 Å². The van der Waals surface area contributed by atoms with Gasteiger partial charge in [-0.2, -0.15) is 8.73 Å². The van der Waals surface area contributed by atoms with Crippen molar-refractivity contribution in [3.63, 3.8) is 0 Å². The van der Waals surface area contributed by atoms with Gasteiger partial charge in [0.1, 0.15) is 34.3 Å². The summed E-state index contributed by atoms with van der Waals surface area (Å²) in [6, 6.07) is 41.2. The van der Waals surface area contributed by atoms with Gasteiger partial charge in [0, 0.05) is 206 Å². The Balaban J connectivity index is 0.000000200. The van der Waals surface area contributed by atoms with Crippen LogP contribution in [0, 0.1) is 42.9 Å². The Bertz CT molecular complexity index is 6470. The molecule has 36 heteroatoms. The fourth-order valence-electron chi connectivity index (χ4n) is 18.7. The zero-order valence-electron chi connectivity index (χ0n) is 78.8. The summed E-state index contributed by atoms with van der Waals surface area (Å²) >= 11 is 12.5. The minimum absolute atomic E-state index is 0.00335. The summed E-state index contributed by atoms with van der Waals surface area (Å²) in [5.41, 5.74) is 11.5. The zero-order chi connectivity index (χ0) is 97.6. The smallest absolute Gasteiger partial charge is 0.273 e. The van der Waals surface area contributed by atoms with E-state index in [0.717, 1.165) is 186 Å². The number of aromatic nitrogens is 4. The molecule has 7 aliphatic rings. The van der Waals surface area contributed by atoms with Gasteiger partial charge in [0.2, 0.25) is 0 Å². The number of fused-ring (bicyclic) bond motifs is 2. The summed E-state index contributed by atoms with van der Waals surface area (Å²) in [7, 11) is -12.3. The Hall–Kier alpha value is -11.2. The molecule has 730 valence electrons. The molecule has 4 N–H and O–H groups in total. The number of ether oxygens (including phenoxy) is 2. The van der Waals surface area contributed by atoms with Crippen LogP contribution in [-0.2, 0) is 61.3 Å². The topological polar surface area (TPSA) is 367 Å². The molecule has 3 aliphatic carbocycles. The molecule has 5 fully saturated rings. The van der Waals surface area contributed by atoms with Crippen molar-refractivity contribution in [1.82, 2.24) is 49.0 Å². The number of nitrogens with zero attached hydrogens (tertiary/aromatic N) is 12. The number of halogens is 2. The van der Waals surface area contributed by atoms with Crippen LogP contribution in [0.25, 0.3) is 33.2 Å². The molecule has 0 unspecified atom stereocenters. The third kappa shape index (κ3) is 25.2. The molecule has 1 saturated carbocycles. The van der Waals surface area contributed by atoms with Crippen molar-refractivity contribution in [2.24, 2.45) is 31.4 Å². The lowest BCUT2D eigenvalue weighted by Gasteiger charge is -2.39. The second-order valence-corrected chi connectivity index (χ2v) is 49.3. The van der Waals surface area contributed by atoms with Crippen LogP contribution in [0.3, 0.4) is 0 Å². The van der Waals surface area contributed by atoms with Gasteiger partial charge in [-0.25, -0.2) is 36.2 Å². The first-order valence-electron chi connectivity index (χ1n) is 47.1. The molecule has 4 saturated heterocycles. The second-order valence-electron chi connectivity index (χ2n) is 39.1. The van der Waals surface area contributed by atoms with E-state index in [1.165, 1.54) is 70.1 Å². The number of aromatic amines is 2. The van der Waals surface area contributed by atoms with Crippen LogP contribution in [0.15, 0.2) is 200 Å². The molecule has 0 bridgehead atoms. The van der Waals surface area contributed by atoms with Crippen LogP contribution < -0.4 is 28.7 Å². The number of hydrogen-bond donors (Lipinski definition) is 4. The van der Waals surface area contributed by atoms with E-state index in [1.807, 2.05) is 50.2 Å². The molecule has 138 heavy (non-hydrogen) atoms. The van der Waals surface area contributed by atoms with Gasteiger partial charge in [0.15, 0.2) is 0 Å². The molecular formula is C102H120Cl2N16O14S4. The molecule has 8 heterocycles. The number of nitrogens with one attached hydrogen (secondary N) is 4. The fourth-order valence-corrected chi connectivity index (χ4v) is 25.3. The SMILES string of the molecule is C=S1(=NC(=O)C(C)C)CCN(CCCc2ccc(S(=O)(=O)NC(=O)c3ccc(N4CCN(CC5=C(c6ccc(Cl)cc6)CC(C)(C)CC5)CC4)cc3Oc3cnc4[nH]ccc4c3)cc2[N+](=O)[O-])CC1.C=S1(=NC(=O)C2CC2)CCN(CCCc2ccc(S(=O)(=O)NC(=O)c3ccc(N4CCN(CC5=C(c6ccc(Cl)cc6)CC(C)(C)CC5)CC4)cc3Oc3cnc4[nH]ccc4c3)cc2[N+](=O)[O-])CC1. The van der Waals surface area contributed by atoms with Crippen LogP contribution in [0.4, 0.5) is 22.7 Å². The number of piperazine rings is 2. The Morgan fingerprint density at radius 1 is 0.529 bits per heavy atom. The van der Waals surface area contributed by atoms with E-state index in [1.54, 1.807) is 60.9 Å². The number of nitro benzene ring substituents is 2. The molecule has 4 aliphatic heterocycles. The van der Waals surface area contributed by atoms with Gasteiger partial charge < -0.3 is 39.0 Å². The summed E-state index contributed by atoms with van der Waals surface area (Å²) in [5.74, 6) is 10.3. The molecule has 4 aromatic heterocycles. The van der Waals surface area contributed by atoms with Crippen molar-refractivity contribution in [2.45, 2.75) is 128 Å². The van der Waals surface area contributed by atoms with Crippen molar-refractivity contribution in [2.75, 3.05) is 138 Å². The van der Waals surface area contributed by atoms with Crippen LogP contribution in [0.1, 0.15) is 149 Å². The summed E-state index contributed by atoms with van der Waals surface area (Å²) in [6.45, 7) is 25.2. The van der Waals surface area contributed by atoms with E-state index in [4.69, 9.17) is 32.7 Å². The van der Waals surface area contributed by atoms with Crippen molar-refractivity contribution in [3.8, 4) is 23.0 Å². The molecule has 6 aromatic carbocycles. The number of pyridine rings is 2. The third-order valence-electron chi connectivity index (χ3n) is 27.2. The number of hydrogen-bond acceptors (Lipinski definition) is 22. The highest BCUT2D eigenvalue weighted by molar-refractivity contribution is 8.03. The molecule has 4 amide bonds. The van der Waals surface area contributed by atoms with Crippen molar-refractivity contribution in [3.05, 3.63) is 245 Å². The Labute approximate surface area is 817 Å². The molecule has 17 rings (SSSR count). The molecule has 0 radical (unpaired) electrons. The lowest BCUT2D eigenvalue weighted by Crippen LogP contribution is -2.47. The number of sulfonamides is 2. The van der Waals surface area contributed by atoms with E-state index < -0.39 is 70.3 Å². The summed E-state index contributed by atoms with van der Waals surface area (Å²) in [5, 5.41) is 27.6. The maximum atomic E-state index is 14.0. The Morgan fingerprint density at radius 3 is 1.31 bits per heavy atom. The van der Waals surface area contributed by atoms with Crippen LogP contribution in [-0.4, -0.2) is 229 Å². The average molecular weight is 1990 g/mol. The molecule has 30 nitrogen and oxygen atoms in total. The normalized spacial score (nSPS) is 18.3.